The van der Waals surface area contributed by atoms with Gasteiger partial charge in [0.05, 0.1) is 0 Å². The van der Waals surface area contributed by atoms with Crippen molar-refractivity contribution < 1.29 is 28.6 Å². The highest BCUT2D eigenvalue weighted by molar-refractivity contribution is 5.71. The summed E-state index contributed by atoms with van der Waals surface area (Å²) < 4.78 is 16.7. The van der Waals surface area contributed by atoms with Gasteiger partial charge < -0.3 is 14.2 Å². The molecular weight excluding hydrogens is 877 g/mol. The molecule has 0 bridgehead atoms. The van der Waals surface area contributed by atoms with E-state index in [1.807, 2.05) is 0 Å². The van der Waals surface area contributed by atoms with Crippen LogP contribution in [0.15, 0.2) is 85.1 Å². The number of carbonyl (C=O) groups excluding carboxylic acids is 3. The Balaban J connectivity index is 4.09. The number of rotatable bonds is 54. The first-order valence-corrected chi connectivity index (χ1v) is 30.1. The lowest BCUT2D eigenvalue weighted by atomic mass is 10.0. The summed E-state index contributed by atoms with van der Waals surface area (Å²) in [6, 6.07) is 0. The zero-order valence-corrected chi connectivity index (χ0v) is 46.7. The van der Waals surface area contributed by atoms with Crippen LogP contribution < -0.4 is 0 Å². The predicted molar refractivity (Wildman–Crippen MR) is 307 cm³/mol. The summed E-state index contributed by atoms with van der Waals surface area (Å²) in [4.78, 5) is 37.9. The van der Waals surface area contributed by atoms with Crippen LogP contribution in [0.4, 0.5) is 0 Å². The minimum absolute atomic E-state index is 0.0806. The molecule has 0 amide bonds. The molecular formula is C65H112O6. The molecule has 0 aromatic carbocycles. The largest absolute Gasteiger partial charge is 0.462 e. The van der Waals surface area contributed by atoms with Gasteiger partial charge in [0.15, 0.2) is 6.10 Å². The first-order chi connectivity index (χ1) is 35.0. The highest BCUT2D eigenvalue weighted by Crippen LogP contribution is 2.16. The summed E-state index contributed by atoms with van der Waals surface area (Å²) in [6.45, 7) is 6.44. The van der Waals surface area contributed by atoms with Gasteiger partial charge in [-0.15, -0.1) is 0 Å². The summed E-state index contributed by atoms with van der Waals surface area (Å²) in [5.74, 6) is -0.900. The molecule has 71 heavy (non-hydrogen) atoms. The molecule has 0 aromatic heterocycles. The molecule has 0 aliphatic heterocycles. The SMILES string of the molecule is CC/C=C\C/C=C\C/C=C\C/C=C\C/C=C\CCCCCCCCCC(=O)OC(COC(=O)CCCCCCC)COC(=O)CCCCCCCCCCCCCCC/C=C\C/C=C\CCCCCCC. The Bertz CT molecular complexity index is 1370. The Labute approximate surface area is 439 Å². The average Bonchev–Trinajstić information content (AvgIpc) is 3.37. The van der Waals surface area contributed by atoms with Gasteiger partial charge in [-0.3, -0.25) is 14.4 Å². The Morgan fingerprint density at radius 1 is 0.296 bits per heavy atom. The number of esters is 3. The molecule has 0 heterocycles. The molecule has 0 aliphatic rings. The van der Waals surface area contributed by atoms with Crippen molar-refractivity contribution in [1.29, 1.82) is 0 Å². The van der Waals surface area contributed by atoms with E-state index in [1.165, 1.54) is 141 Å². The monoisotopic (exact) mass is 989 g/mol. The quantitative estimate of drug-likeness (QED) is 0.0261. The molecule has 0 rings (SSSR count). The van der Waals surface area contributed by atoms with E-state index in [0.29, 0.717) is 19.3 Å². The Morgan fingerprint density at radius 3 is 0.859 bits per heavy atom. The zero-order chi connectivity index (χ0) is 51.4. The average molecular weight is 990 g/mol. The van der Waals surface area contributed by atoms with Crippen molar-refractivity contribution in [3.63, 3.8) is 0 Å². The number of hydrogen-bond acceptors (Lipinski definition) is 6. The van der Waals surface area contributed by atoms with E-state index in [1.54, 1.807) is 0 Å². The third kappa shape index (κ3) is 57.4. The zero-order valence-electron chi connectivity index (χ0n) is 46.7. The molecule has 6 heteroatoms. The van der Waals surface area contributed by atoms with Crippen molar-refractivity contribution >= 4 is 17.9 Å². The van der Waals surface area contributed by atoms with Crippen molar-refractivity contribution in [3.05, 3.63) is 85.1 Å². The second-order valence-electron chi connectivity index (χ2n) is 19.9. The van der Waals surface area contributed by atoms with E-state index in [-0.39, 0.29) is 31.1 Å². The van der Waals surface area contributed by atoms with E-state index < -0.39 is 6.10 Å². The summed E-state index contributed by atoms with van der Waals surface area (Å²) in [5.41, 5.74) is 0. The fourth-order valence-electron chi connectivity index (χ4n) is 8.38. The first-order valence-electron chi connectivity index (χ1n) is 30.1. The van der Waals surface area contributed by atoms with Gasteiger partial charge in [0, 0.05) is 19.3 Å². The molecule has 1 unspecified atom stereocenters. The van der Waals surface area contributed by atoms with Crippen LogP contribution in [-0.4, -0.2) is 37.2 Å². The summed E-state index contributed by atoms with van der Waals surface area (Å²) in [5, 5.41) is 0. The van der Waals surface area contributed by atoms with Crippen LogP contribution in [0.2, 0.25) is 0 Å². The van der Waals surface area contributed by atoms with Gasteiger partial charge in [0.2, 0.25) is 0 Å². The molecule has 0 saturated carbocycles. The molecule has 1 atom stereocenters. The lowest BCUT2D eigenvalue weighted by Crippen LogP contribution is -2.30. The Hall–Kier alpha value is -3.41. The molecule has 0 fully saturated rings. The molecule has 6 nitrogen and oxygen atoms in total. The molecule has 0 saturated heterocycles. The van der Waals surface area contributed by atoms with Gasteiger partial charge in [0.1, 0.15) is 13.2 Å². The van der Waals surface area contributed by atoms with Crippen LogP contribution >= 0.6 is 0 Å². The fraction of sp³-hybridized carbons (Fsp3) is 0.738. The maximum absolute atomic E-state index is 12.8. The number of hydrogen-bond donors (Lipinski definition) is 0. The van der Waals surface area contributed by atoms with E-state index >= 15 is 0 Å². The van der Waals surface area contributed by atoms with Crippen molar-refractivity contribution in [2.45, 2.75) is 297 Å². The summed E-state index contributed by atoms with van der Waals surface area (Å²) in [7, 11) is 0. The minimum Gasteiger partial charge on any atom is -0.462 e. The van der Waals surface area contributed by atoms with Gasteiger partial charge in [-0.2, -0.15) is 0 Å². The van der Waals surface area contributed by atoms with Crippen molar-refractivity contribution in [2.24, 2.45) is 0 Å². The second kappa shape index (κ2) is 59.2. The summed E-state index contributed by atoms with van der Waals surface area (Å²) >= 11 is 0. The molecule has 0 radical (unpaired) electrons. The van der Waals surface area contributed by atoms with Crippen LogP contribution in [0, 0.1) is 0 Å². The Morgan fingerprint density at radius 2 is 0.549 bits per heavy atom. The van der Waals surface area contributed by atoms with E-state index in [2.05, 4.69) is 106 Å². The third-order valence-corrected chi connectivity index (χ3v) is 12.9. The van der Waals surface area contributed by atoms with E-state index in [4.69, 9.17) is 14.2 Å². The predicted octanol–water partition coefficient (Wildman–Crippen LogP) is 20.3. The van der Waals surface area contributed by atoms with Crippen LogP contribution in [0.3, 0.4) is 0 Å². The van der Waals surface area contributed by atoms with Crippen molar-refractivity contribution in [2.75, 3.05) is 13.2 Å². The maximum atomic E-state index is 12.8. The molecule has 0 aliphatic carbocycles. The first kappa shape index (κ1) is 67.6. The summed E-state index contributed by atoms with van der Waals surface area (Å²) in [6.07, 6.45) is 77.7. The van der Waals surface area contributed by atoms with Gasteiger partial charge in [-0.05, 0) is 96.3 Å². The number of allylic oxidation sites excluding steroid dienone is 14. The minimum atomic E-state index is -0.780. The van der Waals surface area contributed by atoms with Crippen LogP contribution in [0.5, 0.6) is 0 Å². The van der Waals surface area contributed by atoms with Gasteiger partial charge in [-0.25, -0.2) is 0 Å². The highest BCUT2D eigenvalue weighted by atomic mass is 16.6. The Kier molecular flexibility index (Phi) is 56.3. The fourth-order valence-corrected chi connectivity index (χ4v) is 8.38. The molecule has 408 valence electrons. The molecule has 0 spiro atoms. The number of ether oxygens (including phenoxy) is 3. The topological polar surface area (TPSA) is 78.9 Å². The number of carbonyl (C=O) groups is 3. The smallest absolute Gasteiger partial charge is 0.306 e. The van der Waals surface area contributed by atoms with Crippen LogP contribution in [0.25, 0.3) is 0 Å². The van der Waals surface area contributed by atoms with Gasteiger partial charge in [-0.1, -0.05) is 260 Å². The highest BCUT2D eigenvalue weighted by Gasteiger charge is 2.19. The van der Waals surface area contributed by atoms with Crippen molar-refractivity contribution in [1.82, 2.24) is 0 Å². The van der Waals surface area contributed by atoms with Crippen molar-refractivity contribution in [3.8, 4) is 0 Å². The number of unbranched alkanes of at least 4 members (excludes halogenated alkanes) is 29. The lowest BCUT2D eigenvalue weighted by molar-refractivity contribution is -0.167. The van der Waals surface area contributed by atoms with E-state index in [9.17, 15) is 14.4 Å². The molecule has 0 aromatic rings. The van der Waals surface area contributed by atoms with Crippen LogP contribution in [-0.2, 0) is 28.6 Å². The molecule has 0 N–H and O–H groups in total. The van der Waals surface area contributed by atoms with E-state index in [0.717, 1.165) is 109 Å². The van der Waals surface area contributed by atoms with Gasteiger partial charge >= 0.3 is 17.9 Å². The maximum Gasteiger partial charge on any atom is 0.306 e. The third-order valence-electron chi connectivity index (χ3n) is 12.9. The lowest BCUT2D eigenvalue weighted by Gasteiger charge is -2.18. The standard InChI is InChI=1S/C65H112O6/c1-4-7-10-13-15-17-19-21-23-25-27-29-31-32-34-35-37-39-41-43-45-47-49-52-55-58-64(67)70-61-62(60-69-63(66)57-54-51-12-9-6-3)71-65(68)59-56-53-50-48-46-44-42-40-38-36-33-30-28-26-24-22-20-18-16-14-11-8-5-2/h8,11,16,18-19,21-22,24-25,27-28,30,36,38,62H,4-7,9-10,12-15,17,20,23,26,29,31-35,37,39-61H2,1-3H3/b11-8-,18-16-,21-19-,24-22-,27-25-,30-28-,38-36-. The normalized spacial score (nSPS) is 12.7. The second-order valence-corrected chi connectivity index (χ2v) is 19.9. The van der Waals surface area contributed by atoms with Gasteiger partial charge in [0.25, 0.3) is 0 Å². The van der Waals surface area contributed by atoms with Crippen LogP contribution in [0.1, 0.15) is 290 Å².